The summed E-state index contributed by atoms with van der Waals surface area (Å²) in [5.41, 5.74) is -0.273. The monoisotopic (exact) mass is 331 g/mol. The van der Waals surface area contributed by atoms with Crippen molar-refractivity contribution in [1.29, 1.82) is 0 Å². The van der Waals surface area contributed by atoms with Gasteiger partial charge in [0.2, 0.25) is 11.8 Å². The number of carbonyl (C=O) groups is 2. The second-order valence-corrected chi connectivity index (χ2v) is 7.70. The molecule has 0 aromatic heterocycles. The maximum atomic E-state index is 13.2. The van der Waals surface area contributed by atoms with E-state index in [1.165, 1.54) is 0 Å². The van der Waals surface area contributed by atoms with Gasteiger partial charge in [-0.3, -0.25) is 14.5 Å². The first-order valence-electron chi connectivity index (χ1n) is 8.26. The molecule has 1 N–H and O–H groups in total. The Labute approximate surface area is 136 Å². The van der Waals surface area contributed by atoms with E-state index in [-0.39, 0.29) is 55.7 Å². The molecule has 1 unspecified atom stereocenters. The number of hydrogen-bond donors (Lipinski definition) is 1. The van der Waals surface area contributed by atoms with Crippen molar-refractivity contribution in [3.63, 3.8) is 0 Å². The Morgan fingerprint density at radius 3 is 2.35 bits per heavy atom. The number of alkyl halides is 2. The Kier molecular flexibility index (Phi) is 5.28. The van der Waals surface area contributed by atoms with Crippen molar-refractivity contribution in [2.24, 2.45) is 5.92 Å². The lowest BCUT2D eigenvalue weighted by atomic mass is 10.0. The van der Waals surface area contributed by atoms with Crippen LogP contribution in [-0.2, 0) is 9.59 Å². The highest BCUT2D eigenvalue weighted by Crippen LogP contribution is 2.29. The maximum Gasteiger partial charge on any atom is 0.251 e. The molecule has 2 fully saturated rings. The van der Waals surface area contributed by atoms with E-state index in [1.807, 2.05) is 25.7 Å². The van der Waals surface area contributed by atoms with Gasteiger partial charge in [0.1, 0.15) is 0 Å². The molecule has 7 heteroatoms. The van der Waals surface area contributed by atoms with Gasteiger partial charge < -0.3 is 10.2 Å². The van der Waals surface area contributed by atoms with Gasteiger partial charge in [0.25, 0.3) is 5.92 Å². The van der Waals surface area contributed by atoms with Gasteiger partial charge in [-0.2, -0.15) is 0 Å². The second-order valence-electron chi connectivity index (χ2n) is 7.70. The smallest absolute Gasteiger partial charge is 0.251 e. The molecular formula is C16H27F2N3O2. The third-order valence-electron chi connectivity index (χ3n) is 4.31. The summed E-state index contributed by atoms with van der Waals surface area (Å²) in [6.07, 6.45) is 0.195. The van der Waals surface area contributed by atoms with Gasteiger partial charge in [-0.15, -0.1) is 0 Å². The summed E-state index contributed by atoms with van der Waals surface area (Å²) in [5.74, 6) is -2.91. The molecule has 1 atom stereocenters. The Bertz CT molecular complexity index is 453. The molecular weight excluding hydrogens is 304 g/mol. The van der Waals surface area contributed by atoms with Gasteiger partial charge in [0.05, 0.1) is 12.5 Å². The first-order valence-corrected chi connectivity index (χ1v) is 8.26. The first-order chi connectivity index (χ1) is 10.6. The fourth-order valence-corrected chi connectivity index (χ4v) is 3.15. The van der Waals surface area contributed by atoms with Crippen LogP contribution in [0.1, 0.15) is 40.0 Å². The van der Waals surface area contributed by atoms with E-state index in [2.05, 4.69) is 5.32 Å². The van der Waals surface area contributed by atoms with Crippen LogP contribution in [-0.4, -0.2) is 65.8 Å². The van der Waals surface area contributed by atoms with Crippen molar-refractivity contribution < 1.29 is 18.4 Å². The molecule has 0 radical (unpaired) electrons. The van der Waals surface area contributed by atoms with Gasteiger partial charge in [-0.25, -0.2) is 8.78 Å². The number of halogens is 2. The molecule has 2 aliphatic heterocycles. The molecule has 2 rings (SSSR count). The molecule has 2 amide bonds. The predicted molar refractivity (Wildman–Crippen MR) is 83.2 cm³/mol. The van der Waals surface area contributed by atoms with Crippen LogP contribution in [0.25, 0.3) is 0 Å². The molecule has 2 heterocycles. The molecule has 23 heavy (non-hydrogen) atoms. The van der Waals surface area contributed by atoms with Crippen LogP contribution in [0.2, 0.25) is 0 Å². The summed E-state index contributed by atoms with van der Waals surface area (Å²) in [4.78, 5) is 27.9. The molecule has 0 aliphatic carbocycles. The summed E-state index contributed by atoms with van der Waals surface area (Å²) in [7, 11) is 0. The summed E-state index contributed by atoms with van der Waals surface area (Å²) in [6, 6.07) is 0. The van der Waals surface area contributed by atoms with Crippen LogP contribution >= 0.6 is 0 Å². The fraction of sp³-hybridized carbons (Fsp3) is 0.875. The Morgan fingerprint density at radius 2 is 1.78 bits per heavy atom. The third-order valence-corrected chi connectivity index (χ3v) is 4.31. The lowest BCUT2D eigenvalue weighted by molar-refractivity contribution is -0.141. The van der Waals surface area contributed by atoms with Crippen molar-refractivity contribution in [2.45, 2.75) is 51.5 Å². The average molecular weight is 331 g/mol. The zero-order valence-electron chi connectivity index (χ0n) is 14.2. The number of carbonyl (C=O) groups excluding carboxylic acids is 2. The zero-order chi connectivity index (χ0) is 17.3. The van der Waals surface area contributed by atoms with E-state index in [0.717, 1.165) is 0 Å². The van der Waals surface area contributed by atoms with Crippen molar-refractivity contribution in [1.82, 2.24) is 15.1 Å². The quantitative estimate of drug-likeness (QED) is 0.852. The van der Waals surface area contributed by atoms with Crippen LogP contribution in [0, 0.1) is 5.92 Å². The van der Waals surface area contributed by atoms with Crippen LogP contribution in [0.3, 0.4) is 0 Å². The predicted octanol–water partition coefficient (Wildman–Crippen LogP) is 1.48. The van der Waals surface area contributed by atoms with Crippen LogP contribution < -0.4 is 5.32 Å². The SMILES string of the molecule is CC(C)(C)NC(=O)CN1CCC(C(=O)N2CCC(F)(F)CC2)C1. The lowest BCUT2D eigenvalue weighted by Gasteiger charge is -2.33. The van der Waals surface area contributed by atoms with E-state index in [0.29, 0.717) is 19.5 Å². The van der Waals surface area contributed by atoms with E-state index in [9.17, 15) is 18.4 Å². The van der Waals surface area contributed by atoms with Crippen molar-refractivity contribution in [3.05, 3.63) is 0 Å². The topological polar surface area (TPSA) is 52.7 Å². The highest BCUT2D eigenvalue weighted by atomic mass is 19.3. The molecule has 5 nitrogen and oxygen atoms in total. The third kappa shape index (κ3) is 5.41. The van der Waals surface area contributed by atoms with E-state index >= 15 is 0 Å². The number of rotatable bonds is 3. The Morgan fingerprint density at radius 1 is 1.17 bits per heavy atom. The molecule has 0 spiro atoms. The van der Waals surface area contributed by atoms with Gasteiger partial charge in [-0.05, 0) is 33.7 Å². The number of piperidine rings is 1. The zero-order valence-corrected chi connectivity index (χ0v) is 14.2. The summed E-state index contributed by atoms with van der Waals surface area (Å²) < 4.78 is 26.3. The second kappa shape index (κ2) is 6.71. The van der Waals surface area contributed by atoms with E-state index in [4.69, 9.17) is 0 Å². The van der Waals surface area contributed by atoms with E-state index < -0.39 is 5.92 Å². The summed E-state index contributed by atoms with van der Waals surface area (Å²) in [6.45, 7) is 7.54. The van der Waals surface area contributed by atoms with Gasteiger partial charge in [0, 0.05) is 38.0 Å². The Hall–Kier alpha value is -1.24. The summed E-state index contributed by atoms with van der Waals surface area (Å²) >= 11 is 0. The number of likely N-dealkylation sites (tertiary alicyclic amines) is 2. The largest absolute Gasteiger partial charge is 0.350 e. The minimum absolute atomic E-state index is 0.0424. The van der Waals surface area contributed by atoms with Crippen molar-refractivity contribution in [3.8, 4) is 0 Å². The maximum absolute atomic E-state index is 13.2. The van der Waals surface area contributed by atoms with Crippen LogP contribution in [0.15, 0.2) is 0 Å². The van der Waals surface area contributed by atoms with Gasteiger partial charge in [0.15, 0.2) is 0 Å². The fourth-order valence-electron chi connectivity index (χ4n) is 3.15. The number of nitrogens with one attached hydrogen (secondary N) is 1. The first kappa shape index (κ1) is 18.1. The molecule has 0 aromatic carbocycles. The number of amides is 2. The van der Waals surface area contributed by atoms with Gasteiger partial charge in [-0.1, -0.05) is 0 Å². The lowest BCUT2D eigenvalue weighted by Crippen LogP contribution is -2.47. The minimum Gasteiger partial charge on any atom is -0.350 e. The van der Waals surface area contributed by atoms with Crippen molar-refractivity contribution >= 4 is 11.8 Å². The number of hydrogen-bond acceptors (Lipinski definition) is 3. The molecule has 0 bridgehead atoms. The van der Waals surface area contributed by atoms with E-state index in [1.54, 1.807) is 4.90 Å². The highest BCUT2D eigenvalue weighted by Gasteiger charge is 2.39. The molecule has 2 aliphatic rings. The number of nitrogens with zero attached hydrogens (tertiary/aromatic N) is 2. The molecule has 132 valence electrons. The highest BCUT2D eigenvalue weighted by molar-refractivity contribution is 5.81. The standard InChI is InChI=1S/C16H27F2N3O2/c1-15(2,3)19-13(22)11-20-7-4-12(10-20)14(23)21-8-5-16(17,18)6-9-21/h12H,4-11H2,1-3H3,(H,19,22). The summed E-state index contributed by atoms with van der Waals surface area (Å²) in [5, 5.41) is 2.90. The molecule has 0 aromatic rings. The minimum atomic E-state index is -2.64. The molecule has 2 saturated heterocycles. The average Bonchev–Trinajstić information content (AvgIpc) is 2.84. The van der Waals surface area contributed by atoms with Crippen LogP contribution in [0.5, 0.6) is 0 Å². The van der Waals surface area contributed by atoms with Crippen LogP contribution in [0.4, 0.5) is 8.78 Å². The van der Waals surface area contributed by atoms with Crippen molar-refractivity contribution in [2.75, 3.05) is 32.7 Å². The van der Waals surface area contributed by atoms with Gasteiger partial charge >= 0.3 is 0 Å². The molecule has 0 saturated carbocycles. The normalized spacial score (nSPS) is 25.4. The Balaban J connectivity index is 1.79.